The molecule has 5 unspecified atom stereocenters. The van der Waals surface area contributed by atoms with Crippen LogP contribution in [0.5, 0.6) is 5.75 Å². The molecule has 2 aliphatic rings. The fourth-order valence-corrected chi connectivity index (χ4v) is 6.45. The minimum atomic E-state index is -0.375. The monoisotopic (exact) mass is 522 g/mol. The number of fused-ring (bicyclic) bond motifs is 1. The highest BCUT2D eigenvalue weighted by Gasteiger charge is 2.57. The third kappa shape index (κ3) is 5.53. The average Bonchev–Trinajstić information content (AvgIpc) is 3.06. The smallest absolute Gasteiger partial charge is 0.226 e. The summed E-state index contributed by atoms with van der Waals surface area (Å²) in [6.07, 6.45) is 3.74. The first-order valence-corrected chi connectivity index (χ1v) is 14.1. The maximum absolute atomic E-state index is 12.9. The van der Waals surface area contributed by atoms with Crippen molar-refractivity contribution in [1.29, 1.82) is 0 Å². The van der Waals surface area contributed by atoms with Crippen LogP contribution >= 0.6 is 35.1 Å². The molecule has 0 bridgehead atoms. The largest absolute Gasteiger partial charge is 0.492 e. The van der Waals surface area contributed by atoms with Crippen LogP contribution < -0.4 is 14.8 Å². The lowest BCUT2D eigenvalue weighted by molar-refractivity contribution is -0.129. The van der Waals surface area contributed by atoms with Gasteiger partial charge in [0.2, 0.25) is 5.91 Å². The summed E-state index contributed by atoms with van der Waals surface area (Å²) in [5.41, 5.74) is 1.95. The van der Waals surface area contributed by atoms with Gasteiger partial charge in [-0.1, -0.05) is 74.1 Å². The SMILES string of the molecule is CC.CSNCCOc1ccc(C2CCC3(C)C(=O)NC(C)C3C2c2ccc(Cl)cc2)c(Cl)c1. The van der Waals surface area contributed by atoms with Crippen molar-refractivity contribution in [1.82, 2.24) is 10.0 Å². The van der Waals surface area contributed by atoms with E-state index in [2.05, 4.69) is 42.1 Å². The van der Waals surface area contributed by atoms with Crippen molar-refractivity contribution in [3.63, 3.8) is 0 Å². The summed E-state index contributed by atoms with van der Waals surface area (Å²) in [6, 6.07) is 14.2. The number of hydrogen-bond donors (Lipinski definition) is 2. The van der Waals surface area contributed by atoms with Gasteiger partial charge in [0.1, 0.15) is 12.4 Å². The first-order chi connectivity index (χ1) is 16.3. The molecule has 1 saturated heterocycles. The zero-order valence-corrected chi connectivity index (χ0v) is 23.0. The van der Waals surface area contributed by atoms with Crippen LogP contribution in [-0.2, 0) is 4.79 Å². The lowest BCUT2D eigenvalue weighted by Crippen LogP contribution is -2.42. The second kappa shape index (κ2) is 12.0. The summed E-state index contributed by atoms with van der Waals surface area (Å²) >= 11 is 14.6. The molecule has 1 aliphatic carbocycles. The third-order valence-corrected chi connectivity index (χ3v) is 8.26. The van der Waals surface area contributed by atoms with Gasteiger partial charge in [0.05, 0.1) is 5.41 Å². The van der Waals surface area contributed by atoms with E-state index in [1.165, 1.54) is 5.56 Å². The van der Waals surface area contributed by atoms with Crippen LogP contribution in [0.25, 0.3) is 0 Å². The van der Waals surface area contributed by atoms with E-state index in [0.717, 1.165) is 35.7 Å². The van der Waals surface area contributed by atoms with Crippen LogP contribution in [-0.4, -0.2) is 31.4 Å². The fourth-order valence-electron chi connectivity index (χ4n) is 5.72. The van der Waals surface area contributed by atoms with E-state index in [1.807, 2.05) is 44.4 Å². The molecule has 2 N–H and O–H groups in total. The predicted octanol–water partition coefficient (Wildman–Crippen LogP) is 7.07. The lowest BCUT2D eigenvalue weighted by Gasteiger charge is -2.46. The molecule has 5 atom stereocenters. The zero-order valence-electron chi connectivity index (χ0n) is 20.7. The second-order valence-corrected chi connectivity index (χ2v) is 10.6. The quantitative estimate of drug-likeness (QED) is 0.301. The average molecular weight is 524 g/mol. The van der Waals surface area contributed by atoms with Gasteiger partial charge in [-0.05, 0) is 73.2 Å². The minimum absolute atomic E-state index is 0.0984. The van der Waals surface area contributed by atoms with Gasteiger partial charge in [-0.2, -0.15) is 0 Å². The van der Waals surface area contributed by atoms with E-state index in [9.17, 15) is 4.79 Å². The first kappa shape index (κ1) is 27.2. The zero-order chi connectivity index (χ0) is 24.9. The number of halogens is 2. The highest BCUT2D eigenvalue weighted by atomic mass is 35.5. The molecule has 34 heavy (non-hydrogen) atoms. The molecule has 2 fully saturated rings. The summed E-state index contributed by atoms with van der Waals surface area (Å²) in [5.74, 6) is 1.50. The number of amides is 1. The Morgan fingerprint density at radius 1 is 1.18 bits per heavy atom. The molecule has 4 rings (SSSR count). The Morgan fingerprint density at radius 3 is 2.53 bits per heavy atom. The second-order valence-electron chi connectivity index (χ2n) is 9.06. The number of hydrogen-bond acceptors (Lipinski definition) is 4. The number of carbonyl (C=O) groups excluding carboxylic acids is 1. The van der Waals surface area contributed by atoms with Crippen molar-refractivity contribution in [2.45, 2.75) is 58.4 Å². The molecule has 1 amide bonds. The molecule has 4 nitrogen and oxygen atoms in total. The van der Waals surface area contributed by atoms with Crippen molar-refractivity contribution in [3.05, 3.63) is 63.6 Å². The molecular weight excluding hydrogens is 487 g/mol. The van der Waals surface area contributed by atoms with E-state index >= 15 is 0 Å². The van der Waals surface area contributed by atoms with Gasteiger partial charge >= 0.3 is 0 Å². The van der Waals surface area contributed by atoms with Gasteiger partial charge in [-0.3, -0.25) is 9.52 Å². The number of rotatable bonds is 7. The molecule has 0 aromatic heterocycles. The molecule has 186 valence electrons. The van der Waals surface area contributed by atoms with E-state index in [0.29, 0.717) is 11.6 Å². The Morgan fingerprint density at radius 2 is 1.88 bits per heavy atom. The van der Waals surface area contributed by atoms with Crippen LogP contribution in [0.15, 0.2) is 42.5 Å². The highest BCUT2D eigenvalue weighted by molar-refractivity contribution is 7.96. The Bertz CT molecular complexity index is 972. The van der Waals surface area contributed by atoms with Crippen molar-refractivity contribution in [2.75, 3.05) is 19.4 Å². The van der Waals surface area contributed by atoms with Crippen molar-refractivity contribution in [3.8, 4) is 5.75 Å². The molecule has 1 aliphatic heterocycles. The van der Waals surface area contributed by atoms with Crippen molar-refractivity contribution in [2.24, 2.45) is 11.3 Å². The fraction of sp³-hybridized carbons (Fsp3) is 0.519. The van der Waals surface area contributed by atoms with Gasteiger partial charge in [0, 0.05) is 28.5 Å². The third-order valence-electron chi connectivity index (χ3n) is 7.19. The molecule has 1 heterocycles. The molecule has 0 radical (unpaired) electrons. The van der Waals surface area contributed by atoms with Gasteiger partial charge in [-0.25, -0.2) is 0 Å². The topological polar surface area (TPSA) is 50.4 Å². The molecule has 2 aromatic rings. The Kier molecular flexibility index (Phi) is 9.62. The molecule has 1 saturated carbocycles. The predicted molar refractivity (Wildman–Crippen MR) is 145 cm³/mol. The van der Waals surface area contributed by atoms with E-state index in [4.69, 9.17) is 27.9 Å². The molecule has 7 heteroatoms. The van der Waals surface area contributed by atoms with E-state index < -0.39 is 0 Å². The Labute approximate surface area is 218 Å². The number of ether oxygens (including phenoxy) is 1. The maximum atomic E-state index is 12.9. The first-order valence-electron chi connectivity index (χ1n) is 12.1. The van der Waals surface area contributed by atoms with Crippen LogP contribution in [0.1, 0.15) is 63.5 Å². The summed E-state index contributed by atoms with van der Waals surface area (Å²) in [5, 5.41) is 4.65. The minimum Gasteiger partial charge on any atom is -0.492 e. The van der Waals surface area contributed by atoms with Crippen molar-refractivity contribution < 1.29 is 9.53 Å². The van der Waals surface area contributed by atoms with Crippen LogP contribution in [0.2, 0.25) is 10.0 Å². The highest BCUT2D eigenvalue weighted by Crippen LogP contribution is 2.59. The van der Waals surface area contributed by atoms with Crippen LogP contribution in [0.4, 0.5) is 0 Å². The van der Waals surface area contributed by atoms with Gasteiger partial charge in [0.15, 0.2) is 0 Å². The lowest BCUT2D eigenvalue weighted by atomic mass is 9.56. The van der Waals surface area contributed by atoms with Gasteiger partial charge in [-0.15, -0.1) is 0 Å². The van der Waals surface area contributed by atoms with Gasteiger partial charge in [0.25, 0.3) is 0 Å². The maximum Gasteiger partial charge on any atom is 0.226 e. The van der Waals surface area contributed by atoms with Crippen LogP contribution in [0, 0.1) is 11.3 Å². The normalized spacial score (nSPS) is 27.9. The Hall–Kier alpha value is -1.40. The number of nitrogens with one attached hydrogen (secondary N) is 2. The standard InChI is InChI=1S/C25H30Cl2N2O2S.C2H6/c1-15-23-22(16-4-6-17(26)7-5-16)20(10-11-25(23,2)24(30)29-15)19-9-8-18(14-21(19)27)31-13-12-28-32-3;1-2/h4-9,14-15,20,22-23,28H,10-13H2,1-3H3,(H,29,30);1-2H3. The summed E-state index contributed by atoms with van der Waals surface area (Å²) in [4.78, 5) is 12.9. The van der Waals surface area contributed by atoms with Crippen molar-refractivity contribution >= 4 is 41.1 Å². The number of benzene rings is 2. The molecular formula is C27H36Cl2N2O2S. The van der Waals surface area contributed by atoms with Crippen LogP contribution in [0.3, 0.4) is 0 Å². The molecule has 2 aromatic carbocycles. The Balaban J connectivity index is 0.00000158. The summed E-state index contributed by atoms with van der Waals surface area (Å²) in [7, 11) is 0. The van der Waals surface area contributed by atoms with Gasteiger partial charge < -0.3 is 10.1 Å². The molecule has 0 spiro atoms. The summed E-state index contributed by atoms with van der Waals surface area (Å²) < 4.78 is 9.02. The van der Waals surface area contributed by atoms with E-state index in [1.54, 1.807) is 11.9 Å². The summed E-state index contributed by atoms with van der Waals surface area (Å²) in [6.45, 7) is 9.59. The number of carbonyl (C=O) groups is 1. The van der Waals surface area contributed by atoms with E-state index in [-0.39, 0.29) is 35.1 Å².